The lowest BCUT2D eigenvalue weighted by molar-refractivity contribution is 0.0367. The van der Waals surface area contributed by atoms with Gasteiger partial charge in [0.2, 0.25) is 0 Å². The third kappa shape index (κ3) is 40.0. The molecule has 12 nitrogen and oxygen atoms in total. The van der Waals surface area contributed by atoms with Gasteiger partial charge in [0.1, 0.15) is 6.33 Å². The number of piperidine rings is 1. The summed E-state index contributed by atoms with van der Waals surface area (Å²) in [6, 6.07) is 0. The van der Waals surface area contributed by atoms with Gasteiger partial charge in [0.15, 0.2) is 0 Å². The first-order chi connectivity index (χ1) is 24.4. The second-order valence-electron chi connectivity index (χ2n) is 12.2. The molecular weight excluding hydrogens is 663 g/mol. The predicted octanol–water partition coefficient (Wildman–Crippen LogP) is 3.90. The molecule has 0 atom stereocenters. The van der Waals surface area contributed by atoms with Gasteiger partial charge in [0, 0.05) is 64.1 Å². The molecule has 8 aliphatic rings. The number of aromatic amines is 1. The van der Waals surface area contributed by atoms with Gasteiger partial charge in [-0.25, -0.2) is 4.79 Å². The first-order valence-electron chi connectivity index (χ1n) is 19.3. The van der Waals surface area contributed by atoms with E-state index in [0.717, 1.165) is 52.7 Å². The number of hydrogen-bond donors (Lipinski definition) is 6. The minimum atomic E-state index is -0.519. The molecule has 0 unspecified atom stereocenters. The van der Waals surface area contributed by atoms with Crippen LogP contribution in [0.1, 0.15) is 83.5 Å². The maximum atomic E-state index is 9.78. The van der Waals surface area contributed by atoms with Gasteiger partial charge in [-0.1, -0.05) is 18.0 Å². The van der Waals surface area contributed by atoms with Crippen molar-refractivity contribution in [2.24, 2.45) is 0 Å². The number of H-pyrrole nitrogens is 1. The predicted molar refractivity (Wildman–Crippen MR) is 209 cm³/mol. The van der Waals surface area contributed by atoms with Gasteiger partial charge in [-0.15, -0.1) is 0 Å². The zero-order chi connectivity index (χ0) is 34.8. The van der Waals surface area contributed by atoms with E-state index in [-0.39, 0.29) is 0 Å². The van der Waals surface area contributed by atoms with Gasteiger partial charge in [-0.05, 0) is 121 Å². The molecule has 6 N–H and O–H groups in total. The summed E-state index contributed by atoms with van der Waals surface area (Å²) in [7, 11) is 0. The first-order valence-corrected chi connectivity index (χ1v) is 21.6. The summed E-state index contributed by atoms with van der Waals surface area (Å²) in [6.45, 7) is 17.8. The molecule has 49 heavy (non-hydrogen) atoms. The maximum absolute atomic E-state index is 9.78. The molecule has 8 fully saturated rings. The van der Waals surface area contributed by atoms with Crippen LogP contribution in [-0.4, -0.2) is 138 Å². The van der Waals surface area contributed by atoms with Crippen LogP contribution in [0.5, 0.6) is 0 Å². The van der Waals surface area contributed by atoms with Crippen LogP contribution >= 0.6 is 23.5 Å². The molecule has 9 rings (SSSR count). The first kappa shape index (κ1) is 46.3. The molecule has 1 aromatic rings. The van der Waals surface area contributed by atoms with Crippen LogP contribution in [0.4, 0.5) is 0 Å². The molecule has 0 saturated carbocycles. The molecule has 0 amide bonds. The summed E-state index contributed by atoms with van der Waals surface area (Å²) in [5.41, 5.74) is 0. The Morgan fingerprint density at radius 1 is 0.429 bits per heavy atom. The number of aromatic nitrogens is 2. The van der Waals surface area contributed by atoms with Crippen LogP contribution in [0.15, 0.2) is 15.6 Å². The highest BCUT2D eigenvalue weighted by Crippen LogP contribution is 2.15. The quantitative estimate of drug-likeness (QED) is 0.229. The van der Waals surface area contributed by atoms with Gasteiger partial charge < -0.3 is 40.8 Å². The second kappa shape index (κ2) is 41.7. The van der Waals surface area contributed by atoms with Crippen molar-refractivity contribution in [3.8, 4) is 0 Å². The summed E-state index contributed by atoms with van der Waals surface area (Å²) in [6.07, 6.45) is 19.2. The van der Waals surface area contributed by atoms with E-state index in [9.17, 15) is 4.79 Å². The largest absolute Gasteiger partial charge is 0.438 e. The number of nitrogens with one attached hydrogen (secondary N) is 6. The van der Waals surface area contributed by atoms with E-state index in [2.05, 4.69) is 53.0 Å². The molecular formula is C35H73N7O5S2. The van der Waals surface area contributed by atoms with E-state index < -0.39 is 5.76 Å². The van der Waals surface area contributed by atoms with Crippen LogP contribution in [0, 0.1) is 0 Å². The van der Waals surface area contributed by atoms with Crippen LogP contribution < -0.4 is 32.3 Å². The zero-order valence-electron chi connectivity index (χ0n) is 30.7. The van der Waals surface area contributed by atoms with E-state index in [1.54, 1.807) is 0 Å². The lowest BCUT2D eigenvalue weighted by Crippen LogP contribution is -2.30. The minimum absolute atomic E-state index is 0.519. The van der Waals surface area contributed by atoms with Crippen molar-refractivity contribution in [1.29, 1.82) is 0 Å². The van der Waals surface area contributed by atoms with Gasteiger partial charge in [0.25, 0.3) is 0 Å². The van der Waals surface area contributed by atoms with Crippen molar-refractivity contribution in [3.63, 3.8) is 0 Å². The van der Waals surface area contributed by atoms with Crippen molar-refractivity contribution in [3.05, 3.63) is 16.9 Å². The highest BCUT2D eigenvalue weighted by atomic mass is 32.2. The number of morpholine rings is 1. The topological polar surface area (TPSA) is 147 Å². The normalized spacial score (nSPS) is 22.1. The van der Waals surface area contributed by atoms with Crippen LogP contribution in [0.3, 0.4) is 0 Å². The van der Waals surface area contributed by atoms with Crippen molar-refractivity contribution in [2.45, 2.75) is 83.5 Å². The van der Waals surface area contributed by atoms with Crippen LogP contribution in [0.2, 0.25) is 0 Å². The summed E-state index contributed by atoms with van der Waals surface area (Å²) in [5, 5.41) is 19.1. The molecule has 8 saturated heterocycles. The Bertz CT molecular complexity index is 598. The summed E-state index contributed by atoms with van der Waals surface area (Å²) in [4.78, 5) is 12.0. The van der Waals surface area contributed by atoms with E-state index in [1.807, 2.05) is 11.8 Å². The number of nitrogens with zero attached hydrogens (tertiary/aromatic N) is 1. The van der Waals surface area contributed by atoms with Gasteiger partial charge in [-0.3, -0.25) is 9.51 Å². The lowest BCUT2D eigenvalue weighted by atomic mass is 10.2. The minimum Gasteiger partial charge on any atom is -0.381 e. The highest BCUT2D eigenvalue weighted by Gasteiger charge is 1.98. The van der Waals surface area contributed by atoms with Gasteiger partial charge in [0.05, 0.1) is 13.2 Å². The number of thioether (sulfide) groups is 2. The van der Waals surface area contributed by atoms with E-state index >= 15 is 0 Å². The van der Waals surface area contributed by atoms with Crippen molar-refractivity contribution in [2.75, 3.05) is 128 Å². The molecule has 0 radical (unpaired) electrons. The van der Waals surface area contributed by atoms with Crippen molar-refractivity contribution < 1.29 is 18.7 Å². The third-order valence-electron chi connectivity index (χ3n) is 7.67. The molecule has 0 aromatic carbocycles. The van der Waals surface area contributed by atoms with Crippen molar-refractivity contribution in [1.82, 2.24) is 36.7 Å². The monoisotopic (exact) mass is 736 g/mol. The standard InChI is InChI=1S/C5H11N.C5H10O.C5H10S.C4H9NO.C4H9NS.C4H9N.C3H7N.C3H6O.C2H2N2O2/c3*1-2-4-6-5-3-1;2*1-3-6-4-2-5-1;1-2-4-5-3-1;2*1-2-4-3-1;5-2-3-1-4-6-2/h6H,1-5H2;2*1-5H2;2*5H,1-4H2;5H,1-4H2;4H,1-3H2;1-3H2;1H,(H,3,4,5). The van der Waals surface area contributed by atoms with Gasteiger partial charge in [-0.2, -0.15) is 23.5 Å². The Labute approximate surface area is 306 Å². The summed E-state index contributed by atoms with van der Waals surface area (Å²) >= 11 is 4.13. The zero-order valence-corrected chi connectivity index (χ0v) is 32.3. The molecule has 0 aliphatic carbocycles. The summed E-state index contributed by atoms with van der Waals surface area (Å²) in [5.74, 6) is 4.93. The van der Waals surface area contributed by atoms with E-state index in [1.165, 1.54) is 165 Å². The Morgan fingerprint density at radius 2 is 0.837 bits per heavy atom. The Kier molecular flexibility index (Phi) is 39.5. The highest BCUT2D eigenvalue weighted by molar-refractivity contribution is 7.99. The molecule has 0 spiro atoms. The summed E-state index contributed by atoms with van der Waals surface area (Å²) < 4.78 is 18.8. The Hall–Kier alpha value is -0.680. The molecule has 14 heteroatoms. The Morgan fingerprint density at radius 3 is 0.980 bits per heavy atom. The number of rotatable bonds is 0. The average Bonchev–Trinajstić information content (AvgIpc) is 3.90. The average molecular weight is 736 g/mol. The fourth-order valence-corrected chi connectivity index (χ4v) is 6.14. The smallest absolute Gasteiger partial charge is 0.381 e. The molecule has 290 valence electrons. The van der Waals surface area contributed by atoms with Crippen LogP contribution in [0.25, 0.3) is 0 Å². The fraction of sp³-hybridized carbons (Fsp3) is 0.943. The SMILES string of the molecule is C1CCNC1.C1CCNCC1.C1CCOCC1.C1CCSCC1.C1CNC1.C1COC1.C1COCCN1.C1CSCCN1.O=c1[nH]cno1. The van der Waals surface area contributed by atoms with E-state index in [0.29, 0.717) is 0 Å². The molecule has 1 aromatic heterocycles. The Balaban J connectivity index is 0.000000277. The number of ether oxygens (including phenoxy) is 3. The molecule has 9 heterocycles. The molecule has 8 aliphatic heterocycles. The van der Waals surface area contributed by atoms with Crippen molar-refractivity contribution >= 4 is 23.5 Å². The maximum Gasteiger partial charge on any atom is 0.438 e. The number of hydrogen-bond acceptors (Lipinski definition) is 13. The third-order valence-corrected chi connectivity index (χ3v) is 9.81. The second-order valence-corrected chi connectivity index (χ2v) is 14.6. The lowest BCUT2D eigenvalue weighted by Gasteiger charge is -2.10. The fourth-order valence-electron chi connectivity index (χ4n) is 4.33. The van der Waals surface area contributed by atoms with Gasteiger partial charge >= 0.3 is 5.76 Å². The van der Waals surface area contributed by atoms with E-state index in [4.69, 9.17) is 14.2 Å². The molecule has 0 bridgehead atoms. The van der Waals surface area contributed by atoms with Crippen LogP contribution in [-0.2, 0) is 14.2 Å².